The number of aromatic amines is 1. The Morgan fingerprint density at radius 3 is 2.72 bits per heavy atom. The van der Waals surface area contributed by atoms with Gasteiger partial charge in [0.15, 0.2) is 11.5 Å². The Labute approximate surface area is 104 Å². The lowest BCUT2D eigenvalue weighted by atomic mass is 10.4. The van der Waals surface area contributed by atoms with Crippen molar-refractivity contribution >= 4 is 17.0 Å². The molecule has 3 rings (SSSR count). The zero-order chi connectivity index (χ0) is 12.7. The van der Waals surface area contributed by atoms with Gasteiger partial charge < -0.3 is 14.5 Å². The summed E-state index contributed by atoms with van der Waals surface area (Å²) in [4.78, 5) is 18.3. The first-order chi connectivity index (χ1) is 8.65. The number of imidazole rings is 2. The Hall–Kier alpha value is -2.37. The topological polar surface area (TPSA) is 62.6 Å². The van der Waals surface area contributed by atoms with Crippen LogP contribution in [-0.4, -0.2) is 38.6 Å². The molecule has 6 nitrogen and oxygen atoms in total. The lowest BCUT2D eigenvalue weighted by Gasteiger charge is -2.09. The van der Waals surface area contributed by atoms with Crippen LogP contribution >= 0.6 is 0 Å². The SMILES string of the molecule is CN(C)c1ccc2[nH]c(-c3cncn3C)nc2n1. The molecular formula is C12H14N6. The van der Waals surface area contributed by atoms with Crippen molar-refractivity contribution < 1.29 is 0 Å². The number of hydrogen-bond donors (Lipinski definition) is 1. The van der Waals surface area contributed by atoms with Crippen molar-refractivity contribution in [3.8, 4) is 11.5 Å². The van der Waals surface area contributed by atoms with E-state index in [1.54, 1.807) is 12.5 Å². The molecule has 0 spiro atoms. The Balaban J connectivity index is 2.14. The largest absolute Gasteiger partial charge is 0.363 e. The van der Waals surface area contributed by atoms with Crippen LogP contribution in [0.25, 0.3) is 22.7 Å². The summed E-state index contributed by atoms with van der Waals surface area (Å²) in [5.41, 5.74) is 2.59. The van der Waals surface area contributed by atoms with E-state index in [2.05, 4.69) is 19.9 Å². The number of fused-ring (bicyclic) bond motifs is 1. The highest BCUT2D eigenvalue weighted by Crippen LogP contribution is 2.20. The molecule has 0 radical (unpaired) electrons. The molecule has 0 aliphatic carbocycles. The van der Waals surface area contributed by atoms with Crippen molar-refractivity contribution in [2.75, 3.05) is 19.0 Å². The Morgan fingerprint density at radius 1 is 1.22 bits per heavy atom. The van der Waals surface area contributed by atoms with Crippen LogP contribution in [0.2, 0.25) is 0 Å². The lowest BCUT2D eigenvalue weighted by molar-refractivity contribution is 0.913. The van der Waals surface area contributed by atoms with Gasteiger partial charge in [0.05, 0.1) is 18.0 Å². The van der Waals surface area contributed by atoms with Crippen molar-refractivity contribution in [3.05, 3.63) is 24.7 Å². The minimum atomic E-state index is 0.720. The number of hydrogen-bond acceptors (Lipinski definition) is 4. The summed E-state index contributed by atoms with van der Waals surface area (Å²) in [6, 6.07) is 3.96. The first-order valence-electron chi connectivity index (χ1n) is 5.66. The van der Waals surface area contributed by atoms with Crippen LogP contribution in [0.4, 0.5) is 5.82 Å². The molecule has 0 bridgehead atoms. The smallest absolute Gasteiger partial charge is 0.180 e. The van der Waals surface area contributed by atoms with E-state index in [0.29, 0.717) is 0 Å². The average molecular weight is 242 g/mol. The molecular weight excluding hydrogens is 228 g/mol. The zero-order valence-electron chi connectivity index (χ0n) is 10.5. The van der Waals surface area contributed by atoms with E-state index >= 15 is 0 Å². The van der Waals surface area contributed by atoms with Crippen molar-refractivity contribution in [3.63, 3.8) is 0 Å². The average Bonchev–Trinajstić information content (AvgIpc) is 2.92. The maximum Gasteiger partial charge on any atom is 0.180 e. The Morgan fingerprint density at radius 2 is 2.06 bits per heavy atom. The van der Waals surface area contributed by atoms with Gasteiger partial charge in [-0.1, -0.05) is 0 Å². The molecule has 0 fully saturated rings. The summed E-state index contributed by atoms with van der Waals surface area (Å²) in [6.45, 7) is 0. The first kappa shape index (κ1) is 10.8. The second-order valence-electron chi connectivity index (χ2n) is 4.41. The highest BCUT2D eigenvalue weighted by molar-refractivity contribution is 5.76. The number of aryl methyl sites for hydroxylation is 1. The summed E-state index contributed by atoms with van der Waals surface area (Å²) in [5, 5.41) is 0. The maximum atomic E-state index is 4.50. The van der Waals surface area contributed by atoms with Crippen LogP contribution in [-0.2, 0) is 7.05 Å². The molecule has 0 aliphatic heterocycles. The fraction of sp³-hybridized carbons (Fsp3) is 0.250. The van der Waals surface area contributed by atoms with E-state index in [4.69, 9.17) is 0 Å². The number of anilines is 1. The van der Waals surface area contributed by atoms with Crippen LogP contribution in [0, 0.1) is 0 Å². The minimum absolute atomic E-state index is 0.720. The summed E-state index contributed by atoms with van der Waals surface area (Å²) in [7, 11) is 5.86. The summed E-state index contributed by atoms with van der Waals surface area (Å²) >= 11 is 0. The summed E-state index contributed by atoms with van der Waals surface area (Å²) in [6.07, 6.45) is 3.53. The van der Waals surface area contributed by atoms with Crippen LogP contribution in [0.15, 0.2) is 24.7 Å². The molecule has 3 aromatic heterocycles. The van der Waals surface area contributed by atoms with Gasteiger partial charge in [0, 0.05) is 21.1 Å². The molecule has 6 heteroatoms. The van der Waals surface area contributed by atoms with E-state index in [0.717, 1.165) is 28.5 Å². The normalized spacial score (nSPS) is 11.1. The van der Waals surface area contributed by atoms with Gasteiger partial charge in [0.1, 0.15) is 11.5 Å². The van der Waals surface area contributed by atoms with E-state index in [9.17, 15) is 0 Å². The van der Waals surface area contributed by atoms with Crippen LogP contribution in [0.5, 0.6) is 0 Å². The predicted octanol–water partition coefficient (Wildman–Crippen LogP) is 1.42. The number of nitrogens with zero attached hydrogens (tertiary/aromatic N) is 5. The summed E-state index contributed by atoms with van der Waals surface area (Å²) in [5.74, 6) is 1.68. The van der Waals surface area contributed by atoms with E-state index < -0.39 is 0 Å². The van der Waals surface area contributed by atoms with Crippen molar-refractivity contribution in [1.29, 1.82) is 0 Å². The van der Waals surface area contributed by atoms with Gasteiger partial charge in [-0.05, 0) is 12.1 Å². The molecule has 3 heterocycles. The van der Waals surface area contributed by atoms with Gasteiger partial charge in [0.25, 0.3) is 0 Å². The lowest BCUT2D eigenvalue weighted by Crippen LogP contribution is -2.10. The molecule has 0 aromatic carbocycles. The predicted molar refractivity (Wildman–Crippen MR) is 70.4 cm³/mol. The second-order valence-corrected chi connectivity index (χ2v) is 4.41. The molecule has 3 aromatic rings. The molecule has 18 heavy (non-hydrogen) atoms. The van der Waals surface area contributed by atoms with Crippen molar-refractivity contribution in [1.82, 2.24) is 24.5 Å². The Kier molecular flexibility index (Phi) is 2.29. The first-order valence-corrected chi connectivity index (χ1v) is 5.66. The van der Waals surface area contributed by atoms with Crippen LogP contribution < -0.4 is 4.90 Å². The number of pyridine rings is 1. The monoisotopic (exact) mass is 242 g/mol. The maximum absolute atomic E-state index is 4.50. The van der Waals surface area contributed by atoms with E-state index in [1.165, 1.54) is 0 Å². The molecule has 0 aliphatic rings. The Bertz CT molecular complexity index is 693. The van der Waals surface area contributed by atoms with E-state index in [-0.39, 0.29) is 0 Å². The molecule has 0 atom stereocenters. The zero-order valence-corrected chi connectivity index (χ0v) is 10.5. The third-order valence-electron chi connectivity index (χ3n) is 2.85. The molecule has 92 valence electrons. The fourth-order valence-corrected chi connectivity index (χ4v) is 1.84. The highest BCUT2D eigenvalue weighted by Gasteiger charge is 2.10. The number of aromatic nitrogens is 5. The third kappa shape index (κ3) is 1.62. The van der Waals surface area contributed by atoms with Gasteiger partial charge >= 0.3 is 0 Å². The highest BCUT2D eigenvalue weighted by atomic mass is 15.2. The minimum Gasteiger partial charge on any atom is -0.363 e. The van der Waals surface area contributed by atoms with Gasteiger partial charge in [-0.3, -0.25) is 0 Å². The van der Waals surface area contributed by atoms with Gasteiger partial charge in [-0.25, -0.2) is 15.0 Å². The quantitative estimate of drug-likeness (QED) is 0.738. The fourth-order valence-electron chi connectivity index (χ4n) is 1.84. The van der Waals surface area contributed by atoms with Gasteiger partial charge in [0.2, 0.25) is 0 Å². The van der Waals surface area contributed by atoms with Crippen molar-refractivity contribution in [2.45, 2.75) is 0 Å². The van der Waals surface area contributed by atoms with Crippen LogP contribution in [0.1, 0.15) is 0 Å². The standard InChI is InChI=1S/C12H14N6/c1-17(2)10-5-4-8-11(15-10)16-12(14-8)9-6-13-7-18(9)3/h4-7H,1-3H3,(H,14,15,16). The van der Waals surface area contributed by atoms with E-state index in [1.807, 2.05) is 42.7 Å². The second kappa shape index (κ2) is 3.83. The summed E-state index contributed by atoms with van der Waals surface area (Å²) < 4.78 is 1.92. The van der Waals surface area contributed by atoms with Crippen molar-refractivity contribution in [2.24, 2.45) is 7.05 Å². The molecule has 0 saturated carbocycles. The molecule has 1 N–H and O–H groups in total. The van der Waals surface area contributed by atoms with Gasteiger partial charge in [-0.2, -0.15) is 0 Å². The molecule has 0 unspecified atom stereocenters. The van der Waals surface area contributed by atoms with Gasteiger partial charge in [-0.15, -0.1) is 0 Å². The third-order valence-corrected chi connectivity index (χ3v) is 2.85. The number of nitrogens with one attached hydrogen (secondary N) is 1. The van der Waals surface area contributed by atoms with Crippen LogP contribution in [0.3, 0.4) is 0 Å². The number of rotatable bonds is 2. The molecule has 0 amide bonds. The molecule has 0 saturated heterocycles. The number of H-pyrrole nitrogens is 1.